The summed E-state index contributed by atoms with van der Waals surface area (Å²) in [5.41, 5.74) is 0.379. The molecular formula is C14H16ClNO2. The summed E-state index contributed by atoms with van der Waals surface area (Å²) >= 11 is 5.75. The van der Waals surface area contributed by atoms with Crippen molar-refractivity contribution >= 4 is 23.4 Å². The van der Waals surface area contributed by atoms with Crippen molar-refractivity contribution in [3.05, 3.63) is 35.9 Å². The van der Waals surface area contributed by atoms with Crippen LogP contribution >= 0.6 is 11.6 Å². The molecule has 2 rings (SSSR count). The smallest absolute Gasteiger partial charge is 0.237 e. The summed E-state index contributed by atoms with van der Waals surface area (Å²) in [6, 6.07) is 9.65. The quantitative estimate of drug-likeness (QED) is 0.671. The van der Waals surface area contributed by atoms with Gasteiger partial charge in [-0.1, -0.05) is 30.3 Å². The molecule has 1 saturated heterocycles. The van der Waals surface area contributed by atoms with Crippen molar-refractivity contribution in [3.63, 3.8) is 0 Å². The van der Waals surface area contributed by atoms with E-state index in [0.29, 0.717) is 25.1 Å². The zero-order chi connectivity index (χ0) is 13.0. The summed E-state index contributed by atoms with van der Waals surface area (Å²) in [6.07, 6.45) is 2.40. The van der Waals surface area contributed by atoms with E-state index in [0.717, 1.165) is 12.0 Å². The van der Waals surface area contributed by atoms with Crippen LogP contribution in [0.15, 0.2) is 30.3 Å². The van der Waals surface area contributed by atoms with E-state index in [9.17, 15) is 9.59 Å². The van der Waals surface area contributed by atoms with E-state index < -0.39 is 5.41 Å². The SMILES string of the molecule is O=C1CCC(CCCCl)(c2ccccc2)C(=O)N1. The van der Waals surface area contributed by atoms with Gasteiger partial charge >= 0.3 is 0 Å². The fourth-order valence-corrected chi connectivity index (χ4v) is 2.67. The number of hydrogen-bond acceptors (Lipinski definition) is 2. The second-order valence-electron chi connectivity index (χ2n) is 4.62. The maximum atomic E-state index is 12.3. The normalized spacial score (nSPS) is 23.8. The molecule has 0 saturated carbocycles. The predicted octanol–water partition coefficient (Wildman–Crippen LogP) is 2.38. The molecule has 1 aromatic rings. The van der Waals surface area contributed by atoms with Crippen molar-refractivity contribution in [1.82, 2.24) is 5.32 Å². The molecule has 4 heteroatoms. The Labute approximate surface area is 112 Å². The molecule has 96 valence electrons. The molecule has 0 spiro atoms. The van der Waals surface area contributed by atoms with Crippen LogP contribution in [0.1, 0.15) is 31.2 Å². The highest BCUT2D eigenvalue weighted by molar-refractivity contribution is 6.17. The number of carbonyl (C=O) groups is 2. The molecule has 2 amide bonds. The third kappa shape index (κ3) is 2.41. The molecule has 0 radical (unpaired) electrons. The highest BCUT2D eigenvalue weighted by Gasteiger charge is 2.43. The minimum atomic E-state index is -0.593. The minimum absolute atomic E-state index is 0.183. The molecule has 0 aliphatic carbocycles. The van der Waals surface area contributed by atoms with Crippen LogP contribution in [0, 0.1) is 0 Å². The molecule has 1 unspecified atom stereocenters. The number of rotatable bonds is 4. The number of alkyl halides is 1. The van der Waals surface area contributed by atoms with Crippen LogP contribution in [0.25, 0.3) is 0 Å². The maximum absolute atomic E-state index is 12.3. The van der Waals surface area contributed by atoms with Gasteiger partial charge in [0.2, 0.25) is 11.8 Å². The third-order valence-corrected chi connectivity index (χ3v) is 3.80. The number of piperidine rings is 1. The monoisotopic (exact) mass is 265 g/mol. The van der Waals surface area contributed by atoms with E-state index in [1.165, 1.54) is 0 Å². The predicted molar refractivity (Wildman–Crippen MR) is 70.5 cm³/mol. The number of imide groups is 1. The molecule has 1 fully saturated rings. The highest BCUT2D eigenvalue weighted by atomic mass is 35.5. The zero-order valence-corrected chi connectivity index (χ0v) is 10.9. The van der Waals surface area contributed by atoms with Crippen molar-refractivity contribution in [2.45, 2.75) is 31.1 Å². The van der Waals surface area contributed by atoms with Crippen molar-refractivity contribution in [1.29, 1.82) is 0 Å². The fourth-order valence-electron chi connectivity index (χ4n) is 2.53. The van der Waals surface area contributed by atoms with Gasteiger partial charge < -0.3 is 0 Å². The molecule has 3 nitrogen and oxygen atoms in total. The standard InChI is InChI=1S/C14H16ClNO2/c15-10-4-8-14(11-5-2-1-3-6-11)9-7-12(17)16-13(14)18/h1-3,5-6H,4,7-10H2,(H,16,17,18). The Hall–Kier alpha value is -1.35. The Morgan fingerprint density at radius 2 is 1.94 bits per heavy atom. The Kier molecular flexibility index (Phi) is 4.02. The first-order chi connectivity index (χ1) is 8.69. The third-order valence-electron chi connectivity index (χ3n) is 3.53. The lowest BCUT2D eigenvalue weighted by Crippen LogP contribution is -2.51. The fraction of sp³-hybridized carbons (Fsp3) is 0.429. The average Bonchev–Trinajstić information content (AvgIpc) is 2.39. The van der Waals surface area contributed by atoms with Crippen LogP contribution in [0.4, 0.5) is 0 Å². The summed E-state index contributed by atoms with van der Waals surface area (Å²) in [5, 5.41) is 2.46. The minimum Gasteiger partial charge on any atom is -0.296 e. The van der Waals surface area contributed by atoms with E-state index >= 15 is 0 Å². The van der Waals surface area contributed by atoms with E-state index in [-0.39, 0.29) is 11.8 Å². The number of hydrogen-bond donors (Lipinski definition) is 1. The molecule has 1 aromatic carbocycles. The summed E-state index contributed by atoms with van der Waals surface area (Å²) in [4.78, 5) is 23.6. The van der Waals surface area contributed by atoms with Gasteiger partial charge in [-0.15, -0.1) is 11.6 Å². The van der Waals surface area contributed by atoms with E-state index in [1.807, 2.05) is 30.3 Å². The summed E-state index contributed by atoms with van der Waals surface area (Å²) in [5.74, 6) is 0.156. The lowest BCUT2D eigenvalue weighted by molar-refractivity contribution is -0.138. The van der Waals surface area contributed by atoms with Crippen LogP contribution in [0.2, 0.25) is 0 Å². The van der Waals surface area contributed by atoms with Gasteiger partial charge in [-0.25, -0.2) is 0 Å². The second-order valence-corrected chi connectivity index (χ2v) is 5.00. The van der Waals surface area contributed by atoms with Gasteiger partial charge in [0, 0.05) is 12.3 Å². The van der Waals surface area contributed by atoms with Crippen molar-refractivity contribution in [2.75, 3.05) is 5.88 Å². The second kappa shape index (κ2) is 5.53. The molecular weight excluding hydrogens is 250 g/mol. The Bertz CT molecular complexity index is 446. The number of amides is 2. The number of nitrogens with one attached hydrogen (secondary N) is 1. The van der Waals surface area contributed by atoms with Gasteiger partial charge in [-0.3, -0.25) is 14.9 Å². The molecule has 18 heavy (non-hydrogen) atoms. The van der Waals surface area contributed by atoms with Gasteiger partial charge in [0.1, 0.15) is 0 Å². The highest BCUT2D eigenvalue weighted by Crippen LogP contribution is 2.36. The van der Waals surface area contributed by atoms with E-state index in [4.69, 9.17) is 11.6 Å². The maximum Gasteiger partial charge on any atom is 0.237 e. The van der Waals surface area contributed by atoms with Crippen molar-refractivity contribution in [3.8, 4) is 0 Å². The number of halogens is 1. The van der Waals surface area contributed by atoms with Gasteiger partial charge in [0.15, 0.2) is 0 Å². The topological polar surface area (TPSA) is 46.2 Å². The van der Waals surface area contributed by atoms with Crippen LogP contribution in [0.3, 0.4) is 0 Å². The van der Waals surface area contributed by atoms with Gasteiger partial charge in [0.05, 0.1) is 5.41 Å². The van der Waals surface area contributed by atoms with E-state index in [1.54, 1.807) is 0 Å². The Balaban J connectivity index is 2.34. The first-order valence-electron chi connectivity index (χ1n) is 6.15. The summed E-state index contributed by atoms with van der Waals surface area (Å²) in [6.45, 7) is 0. The first kappa shape index (κ1) is 13.1. The van der Waals surface area contributed by atoms with Gasteiger partial charge in [-0.05, 0) is 24.8 Å². The Morgan fingerprint density at radius 1 is 1.22 bits per heavy atom. The molecule has 1 aliphatic rings. The molecule has 0 aromatic heterocycles. The number of benzene rings is 1. The lowest BCUT2D eigenvalue weighted by atomic mass is 9.71. The van der Waals surface area contributed by atoms with Crippen LogP contribution < -0.4 is 5.32 Å². The molecule has 1 aliphatic heterocycles. The molecule has 1 atom stereocenters. The molecule has 0 bridgehead atoms. The van der Waals surface area contributed by atoms with Gasteiger partial charge in [-0.2, -0.15) is 0 Å². The first-order valence-corrected chi connectivity index (χ1v) is 6.68. The van der Waals surface area contributed by atoms with Crippen molar-refractivity contribution in [2.24, 2.45) is 0 Å². The van der Waals surface area contributed by atoms with Crippen molar-refractivity contribution < 1.29 is 9.59 Å². The van der Waals surface area contributed by atoms with E-state index in [2.05, 4.69) is 5.32 Å². The number of carbonyl (C=O) groups excluding carboxylic acids is 2. The zero-order valence-electron chi connectivity index (χ0n) is 10.1. The summed E-state index contributed by atoms with van der Waals surface area (Å²) < 4.78 is 0. The lowest BCUT2D eigenvalue weighted by Gasteiger charge is -2.35. The van der Waals surface area contributed by atoms with Crippen LogP contribution in [-0.2, 0) is 15.0 Å². The van der Waals surface area contributed by atoms with Crippen LogP contribution in [0.5, 0.6) is 0 Å². The summed E-state index contributed by atoms with van der Waals surface area (Å²) in [7, 11) is 0. The molecule has 1 heterocycles. The Morgan fingerprint density at radius 3 is 2.56 bits per heavy atom. The largest absolute Gasteiger partial charge is 0.296 e. The van der Waals surface area contributed by atoms with Gasteiger partial charge in [0.25, 0.3) is 0 Å². The average molecular weight is 266 g/mol. The van der Waals surface area contributed by atoms with Crippen LogP contribution in [-0.4, -0.2) is 17.7 Å². The molecule has 1 N–H and O–H groups in total.